The zero-order chi connectivity index (χ0) is 21.8. The van der Waals surface area contributed by atoms with Gasteiger partial charge in [0, 0.05) is 31.2 Å². The molecule has 1 aliphatic heterocycles. The summed E-state index contributed by atoms with van der Waals surface area (Å²) in [6.45, 7) is 8.42. The number of amides is 1. The normalized spacial score (nSPS) is 18.9. The highest BCUT2D eigenvalue weighted by molar-refractivity contribution is 7.91. The molecule has 0 bridgehead atoms. The van der Waals surface area contributed by atoms with E-state index in [1.807, 2.05) is 6.92 Å². The molecule has 0 radical (unpaired) electrons. The Morgan fingerprint density at radius 2 is 1.83 bits per heavy atom. The molecule has 1 unspecified atom stereocenters. The lowest BCUT2D eigenvalue weighted by Crippen LogP contribution is -2.42. The minimum atomic E-state index is -3.70. The molecule has 7 nitrogen and oxygen atoms in total. The lowest BCUT2D eigenvalue weighted by Gasteiger charge is -2.29. The van der Waals surface area contributed by atoms with E-state index in [9.17, 15) is 21.6 Å². The number of hydrogen-bond acceptors (Lipinski definition) is 5. The van der Waals surface area contributed by atoms with Crippen molar-refractivity contribution in [2.45, 2.75) is 57.9 Å². The highest BCUT2D eigenvalue weighted by atomic mass is 32.2. The minimum Gasteiger partial charge on any atom is -0.335 e. The Balaban J connectivity index is 2.42. The maximum absolute atomic E-state index is 13.3. The zero-order valence-electron chi connectivity index (χ0n) is 17.7. The summed E-state index contributed by atoms with van der Waals surface area (Å²) < 4.78 is 51.2. The molecule has 0 spiro atoms. The summed E-state index contributed by atoms with van der Waals surface area (Å²) >= 11 is 0. The van der Waals surface area contributed by atoms with Crippen molar-refractivity contribution in [3.8, 4) is 0 Å². The number of benzene rings is 1. The molecule has 0 aromatic heterocycles. The molecule has 1 heterocycles. The molecule has 1 aliphatic rings. The largest absolute Gasteiger partial charge is 0.335 e. The van der Waals surface area contributed by atoms with Gasteiger partial charge < -0.3 is 4.90 Å². The highest BCUT2D eigenvalue weighted by Gasteiger charge is 2.35. The number of hydrogen-bond donors (Lipinski definition) is 0. The number of aryl methyl sites for hydroxylation is 1. The van der Waals surface area contributed by atoms with E-state index in [1.54, 1.807) is 37.8 Å². The Labute approximate surface area is 175 Å². The summed E-state index contributed by atoms with van der Waals surface area (Å²) in [7, 11) is -6.84. The number of sulfonamides is 1. The van der Waals surface area contributed by atoms with E-state index in [0.717, 1.165) is 12.8 Å². The fraction of sp³-hybridized carbons (Fsp3) is 0.650. The van der Waals surface area contributed by atoms with Gasteiger partial charge in [-0.15, -0.1) is 0 Å². The average molecular weight is 445 g/mol. The van der Waals surface area contributed by atoms with Crippen LogP contribution >= 0.6 is 0 Å². The van der Waals surface area contributed by atoms with Crippen molar-refractivity contribution in [3.63, 3.8) is 0 Å². The molecular weight excluding hydrogens is 412 g/mol. The number of unbranched alkanes of at least 4 members (excludes halogenated alkanes) is 1. The Bertz CT molecular complexity index is 938. The van der Waals surface area contributed by atoms with Crippen LogP contribution in [-0.4, -0.2) is 69.1 Å². The summed E-state index contributed by atoms with van der Waals surface area (Å²) in [6, 6.07) is 4.35. The molecule has 0 saturated carbocycles. The summed E-state index contributed by atoms with van der Waals surface area (Å²) in [6.07, 6.45) is 2.06. The van der Waals surface area contributed by atoms with Crippen molar-refractivity contribution in [1.29, 1.82) is 0 Å². The van der Waals surface area contributed by atoms with Crippen LogP contribution < -0.4 is 0 Å². The van der Waals surface area contributed by atoms with Crippen molar-refractivity contribution >= 4 is 25.8 Å². The molecule has 0 N–H and O–H groups in total. The highest BCUT2D eigenvalue weighted by Crippen LogP contribution is 2.25. The van der Waals surface area contributed by atoms with Crippen LogP contribution in [0.4, 0.5) is 0 Å². The molecule has 0 aliphatic carbocycles. The Kier molecular flexibility index (Phi) is 7.86. The molecule has 1 aromatic rings. The van der Waals surface area contributed by atoms with Crippen LogP contribution in [0.5, 0.6) is 0 Å². The monoisotopic (exact) mass is 444 g/mol. The molecule has 1 aromatic carbocycles. The first-order valence-corrected chi connectivity index (χ1v) is 13.5. The fourth-order valence-electron chi connectivity index (χ4n) is 3.68. The van der Waals surface area contributed by atoms with Crippen molar-refractivity contribution in [3.05, 3.63) is 29.3 Å². The lowest BCUT2D eigenvalue weighted by molar-refractivity contribution is 0.0694. The molecular formula is C20H32N2O5S2. The standard InChI is InChI=1S/C20H32N2O5S2/c1-5-8-12-22(18-11-13-28(24,25)15-18)20(23)17-10-9-16(4)19(14-17)29(26,27)21(6-2)7-3/h9-10,14,18H,5-8,11-13,15H2,1-4H3. The van der Waals surface area contributed by atoms with Gasteiger partial charge in [0.25, 0.3) is 5.91 Å². The summed E-state index contributed by atoms with van der Waals surface area (Å²) in [5.74, 6) is -0.251. The van der Waals surface area contributed by atoms with Gasteiger partial charge in [-0.2, -0.15) is 4.31 Å². The SMILES string of the molecule is CCCCN(C(=O)c1ccc(C)c(S(=O)(=O)N(CC)CC)c1)C1CCS(=O)(=O)C1. The van der Waals surface area contributed by atoms with E-state index in [4.69, 9.17) is 0 Å². The molecule has 1 saturated heterocycles. The molecule has 9 heteroatoms. The molecule has 1 atom stereocenters. The number of rotatable bonds is 9. The van der Waals surface area contributed by atoms with E-state index >= 15 is 0 Å². The smallest absolute Gasteiger partial charge is 0.254 e. The second-order valence-electron chi connectivity index (χ2n) is 7.48. The second kappa shape index (κ2) is 9.57. The first-order chi connectivity index (χ1) is 13.6. The van der Waals surface area contributed by atoms with Crippen molar-refractivity contribution < 1.29 is 21.6 Å². The number of carbonyl (C=O) groups excluding carboxylic acids is 1. The molecule has 2 rings (SSSR count). The molecule has 164 valence electrons. The van der Waals surface area contributed by atoms with E-state index in [2.05, 4.69) is 0 Å². The summed E-state index contributed by atoms with van der Waals surface area (Å²) in [5.41, 5.74) is 0.860. The van der Waals surface area contributed by atoms with Crippen molar-refractivity contribution in [2.24, 2.45) is 0 Å². The first-order valence-electron chi connectivity index (χ1n) is 10.2. The first kappa shape index (κ1) is 23.8. The Morgan fingerprint density at radius 1 is 1.17 bits per heavy atom. The lowest BCUT2D eigenvalue weighted by atomic mass is 10.1. The predicted molar refractivity (Wildman–Crippen MR) is 114 cm³/mol. The van der Waals surface area contributed by atoms with Crippen LogP contribution in [0.3, 0.4) is 0 Å². The van der Waals surface area contributed by atoms with E-state index < -0.39 is 19.9 Å². The van der Waals surface area contributed by atoms with Gasteiger partial charge in [0.1, 0.15) is 0 Å². The Hall–Kier alpha value is -1.45. The molecule has 1 fully saturated rings. The third-order valence-corrected chi connectivity index (χ3v) is 9.36. The number of nitrogens with zero attached hydrogens (tertiary/aromatic N) is 2. The topological polar surface area (TPSA) is 91.8 Å². The quantitative estimate of drug-likeness (QED) is 0.583. The van der Waals surface area contributed by atoms with Gasteiger partial charge in [-0.25, -0.2) is 16.8 Å². The maximum Gasteiger partial charge on any atom is 0.254 e. The number of sulfone groups is 1. The van der Waals surface area contributed by atoms with Crippen LogP contribution in [0.15, 0.2) is 23.1 Å². The second-order valence-corrected chi connectivity index (χ2v) is 11.6. The van der Waals surface area contributed by atoms with Gasteiger partial charge in [0.15, 0.2) is 9.84 Å². The van der Waals surface area contributed by atoms with Gasteiger partial charge in [0.2, 0.25) is 10.0 Å². The third-order valence-electron chi connectivity index (χ3n) is 5.42. The number of carbonyl (C=O) groups is 1. The fourth-order valence-corrected chi connectivity index (χ4v) is 7.12. The van der Waals surface area contributed by atoms with Crippen molar-refractivity contribution in [1.82, 2.24) is 9.21 Å². The minimum absolute atomic E-state index is 0.0289. The van der Waals surface area contributed by atoms with Crippen LogP contribution in [0.25, 0.3) is 0 Å². The van der Waals surface area contributed by atoms with Crippen LogP contribution in [0.1, 0.15) is 56.0 Å². The van der Waals surface area contributed by atoms with Crippen molar-refractivity contribution in [2.75, 3.05) is 31.1 Å². The zero-order valence-corrected chi connectivity index (χ0v) is 19.4. The summed E-state index contributed by atoms with van der Waals surface area (Å²) in [5, 5.41) is 0. The van der Waals surface area contributed by atoms with Crippen LogP contribution in [-0.2, 0) is 19.9 Å². The van der Waals surface area contributed by atoms with Gasteiger partial charge in [-0.3, -0.25) is 4.79 Å². The van der Waals surface area contributed by atoms with Crippen LogP contribution in [0.2, 0.25) is 0 Å². The van der Waals surface area contributed by atoms with Gasteiger partial charge in [0.05, 0.1) is 16.4 Å². The molecule has 29 heavy (non-hydrogen) atoms. The Morgan fingerprint density at radius 3 is 2.34 bits per heavy atom. The van der Waals surface area contributed by atoms with E-state index in [-0.39, 0.29) is 33.9 Å². The van der Waals surface area contributed by atoms with Gasteiger partial charge >= 0.3 is 0 Å². The third kappa shape index (κ3) is 5.38. The van der Waals surface area contributed by atoms with Crippen LogP contribution in [0, 0.1) is 6.92 Å². The van der Waals surface area contributed by atoms with Gasteiger partial charge in [-0.1, -0.05) is 33.3 Å². The predicted octanol–water partition coefficient (Wildman–Crippen LogP) is 2.45. The average Bonchev–Trinajstić information content (AvgIpc) is 3.02. The van der Waals surface area contributed by atoms with E-state index in [1.165, 1.54) is 10.4 Å². The van der Waals surface area contributed by atoms with E-state index in [0.29, 0.717) is 31.6 Å². The van der Waals surface area contributed by atoms with Gasteiger partial charge in [-0.05, 0) is 37.5 Å². The molecule has 1 amide bonds. The summed E-state index contributed by atoms with van der Waals surface area (Å²) in [4.78, 5) is 15.0. The maximum atomic E-state index is 13.3.